The van der Waals surface area contributed by atoms with Crippen molar-refractivity contribution in [1.29, 1.82) is 0 Å². The minimum Gasteiger partial charge on any atom is 0 e. The van der Waals surface area contributed by atoms with E-state index in [1.54, 1.807) is 0 Å². The molecular weight excluding hydrogens is 306 g/mol. The van der Waals surface area contributed by atoms with Crippen molar-refractivity contribution >= 4 is 26.9 Å². The Kier molecular flexibility index (Phi) is 69.0. The molecule has 0 aromatic heterocycles. The molecule has 0 aromatic rings. The Hall–Kier alpha value is 2.67. The largest absolute Gasteiger partial charge is 0 e. The van der Waals surface area contributed by atoms with Gasteiger partial charge in [-0.05, 0) is 0 Å². The number of rotatable bonds is 0. The van der Waals surface area contributed by atoms with Crippen molar-refractivity contribution in [1.82, 2.24) is 0 Å². The fourth-order valence-corrected chi connectivity index (χ4v) is 0. The third-order valence-corrected chi connectivity index (χ3v) is 0. The maximum atomic E-state index is 4.21. The molecule has 0 amide bonds. The Morgan fingerprint density at radius 2 is 1.25 bits per heavy atom. The van der Waals surface area contributed by atoms with Crippen LogP contribution in [0.5, 0.6) is 0 Å². The summed E-state index contributed by atoms with van der Waals surface area (Å²) >= 11 is 0.958. The molecule has 0 bridgehead atoms. The van der Waals surface area contributed by atoms with E-state index in [9.17, 15) is 0 Å². The van der Waals surface area contributed by atoms with Crippen LogP contribution in [0, 0.1) is 35.6 Å². The van der Waals surface area contributed by atoms with Gasteiger partial charge in [-0.3, -0.25) is 0 Å². The van der Waals surface area contributed by atoms with Crippen LogP contribution in [0.15, 0.2) is 0 Å². The molecule has 0 saturated heterocycles. The maximum absolute atomic E-state index is 4.21. The molecule has 15 valence electrons. The standard InChI is InChI=1S/Ga.La.S.Zn.H. The second kappa shape index (κ2) is 17.3. The van der Waals surface area contributed by atoms with Gasteiger partial charge in [0.05, 0.1) is 0 Å². The van der Waals surface area contributed by atoms with E-state index in [-0.39, 0.29) is 55.1 Å². The molecule has 0 nitrogen and oxygen atoms in total. The molecule has 4 heavy (non-hydrogen) atoms. The summed E-state index contributed by atoms with van der Waals surface area (Å²) in [6.45, 7) is 0. The second-order valence-electron chi connectivity index (χ2n) is 0. The first-order valence-electron chi connectivity index (χ1n) is 0.289. The Morgan fingerprint density at radius 1 is 1.25 bits per heavy atom. The van der Waals surface area contributed by atoms with Gasteiger partial charge in [-0.1, -0.05) is 0 Å². The fraction of sp³-hybridized carbons (Fsp3) is 0. The van der Waals surface area contributed by atoms with E-state index >= 15 is 0 Å². The van der Waals surface area contributed by atoms with Crippen molar-refractivity contribution in [2.75, 3.05) is 0 Å². The average molecular weight is 307 g/mol. The van der Waals surface area contributed by atoms with E-state index < -0.39 is 0 Å². The first-order chi connectivity index (χ1) is 1.00. The van der Waals surface area contributed by atoms with Crippen molar-refractivity contribution in [3.05, 3.63) is 0 Å². The molecule has 0 spiro atoms. The number of hydrogen-bond acceptors (Lipinski definition) is 1. The van der Waals surface area contributed by atoms with Crippen molar-refractivity contribution in [2.24, 2.45) is 0 Å². The van der Waals surface area contributed by atoms with Crippen LogP contribution in [-0.2, 0) is 19.5 Å². The van der Waals surface area contributed by atoms with Crippen molar-refractivity contribution in [3.8, 4) is 0 Å². The summed E-state index contributed by atoms with van der Waals surface area (Å²) in [5, 5.41) is 0. The summed E-state index contributed by atoms with van der Waals surface area (Å²) in [4.78, 5) is 0. The molecule has 0 rings (SSSR count). The SMILES string of the molecule is [La].[S]=[GaH].[Zn]. The van der Waals surface area contributed by atoms with Crippen molar-refractivity contribution in [3.63, 3.8) is 0 Å². The molecule has 0 aliphatic carbocycles. The van der Waals surface area contributed by atoms with Crippen LogP contribution in [0.4, 0.5) is 0 Å². The van der Waals surface area contributed by atoms with E-state index in [4.69, 9.17) is 0 Å². The zero-order chi connectivity index (χ0) is 2.00. The summed E-state index contributed by atoms with van der Waals surface area (Å²) in [6, 6.07) is 0. The molecular formula is HGaLaSZn. The van der Waals surface area contributed by atoms with Crippen LogP contribution in [0.25, 0.3) is 0 Å². The molecule has 0 aliphatic rings. The smallest absolute Gasteiger partial charge is 0 e. The van der Waals surface area contributed by atoms with Gasteiger partial charge < -0.3 is 0 Å². The summed E-state index contributed by atoms with van der Waals surface area (Å²) in [6.07, 6.45) is 0. The first-order valence-corrected chi connectivity index (χ1v) is 4.50. The Morgan fingerprint density at radius 3 is 1.25 bits per heavy atom. The average Bonchev–Trinajstić information content (AvgIpc) is 1.00. The quantitative estimate of drug-likeness (QED) is 0.568. The van der Waals surface area contributed by atoms with Gasteiger partial charge in [0.15, 0.2) is 0 Å². The van der Waals surface area contributed by atoms with Gasteiger partial charge in [0.1, 0.15) is 0 Å². The molecule has 0 saturated carbocycles. The third kappa shape index (κ3) is 8.82. The summed E-state index contributed by atoms with van der Waals surface area (Å²) in [5.74, 6) is 0. The zero-order valence-corrected chi connectivity index (χ0v) is 12.8. The van der Waals surface area contributed by atoms with Crippen LogP contribution >= 0.6 is 10.1 Å². The molecule has 0 atom stereocenters. The van der Waals surface area contributed by atoms with Crippen LogP contribution < -0.4 is 0 Å². The maximum Gasteiger partial charge on any atom is 0 e. The van der Waals surface area contributed by atoms with Crippen molar-refractivity contribution < 1.29 is 55.1 Å². The zero-order valence-electron chi connectivity index (χ0n) is 2.40. The normalized spacial score (nSPS) is 0.750. The monoisotopic (exact) mass is 305 g/mol. The predicted octanol–water partition coefficient (Wildman–Crippen LogP) is -0.00280. The van der Waals surface area contributed by atoms with E-state index in [2.05, 4.69) is 10.1 Å². The predicted molar refractivity (Wildman–Crippen MR) is 14.7 cm³/mol. The fourth-order valence-electron chi connectivity index (χ4n) is 0. The van der Waals surface area contributed by atoms with Crippen LogP contribution in [-0.4, -0.2) is 16.8 Å². The summed E-state index contributed by atoms with van der Waals surface area (Å²) in [7, 11) is 4.21. The van der Waals surface area contributed by atoms with Gasteiger partial charge >= 0.3 is 26.9 Å². The third-order valence-electron chi connectivity index (χ3n) is 0. The summed E-state index contributed by atoms with van der Waals surface area (Å²) in [5.41, 5.74) is 0. The van der Waals surface area contributed by atoms with Gasteiger partial charge in [0.25, 0.3) is 0 Å². The number of hydrogen-bond donors (Lipinski definition) is 0. The molecule has 1 radical (unpaired) electrons. The van der Waals surface area contributed by atoms with Gasteiger partial charge in [-0.2, -0.15) is 0 Å². The van der Waals surface area contributed by atoms with E-state index in [0.29, 0.717) is 0 Å². The van der Waals surface area contributed by atoms with E-state index in [0.717, 1.165) is 16.8 Å². The topological polar surface area (TPSA) is 0 Å². The Bertz CT molecular complexity index is 8.00. The molecule has 0 N–H and O–H groups in total. The molecule has 0 heterocycles. The summed E-state index contributed by atoms with van der Waals surface area (Å²) < 4.78 is 0. The van der Waals surface area contributed by atoms with Crippen LogP contribution in [0.2, 0.25) is 0 Å². The Balaban J connectivity index is -0.00000000500. The van der Waals surface area contributed by atoms with Gasteiger partial charge in [0.2, 0.25) is 0 Å². The van der Waals surface area contributed by atoms with Gasteiger partial charge in [0, 0.05) is 55.1 Å². The molecule has 0 aromatic carbocycles. The van der Waals surface area contributed by atoms with Crippen molar-refractivity contribution in [2.45, 2.75) is 0 Å². The first kappa shape index (κ1) is 15.9. The minimum absolute atomic E-state index is 0. The van der Waals surface area contributed by atoms with E-state index in [1.807, 2.05) is 0 Å². The van der Waals surface area contributed by atoms with Crippen LogP contribution in [0.1, 0.15) is 0 Å². The molecule has 0 unspecified atom stereocenters. The second-order valence-corrected chi connectivity index (χ2v) is 0. The molecule has 0 aliphatic heterocycles. The van der Waals surface area contributed by atoms with Gasteiger partial charge in [-0.25, -0.2) is 0 Å². The van der Waals surface area contributed by atoms with E-state index in [1.165, 1.54) is 0 Å². The van der Waals surface area contributed by atoms with Crippen LogP contribution in [0.3, 0.4) is 0 Å². The molecule has 0 fully saturated rings. The molecule has 4 heteroatoms. The Labute approximate surface area is 80.3 Å². The van der Waals surface area contributed by atoms with Gasteiger partial charge in [-0.15, -0.1) is 0 Å². The minimum atomic E-state index is 0.